The molecule has 6 rings (SSSR count). The second-order valence-corrected chi connectivity index (χ2v) is 10.1. The molecule has 2 saturated heterocycles. The van der Waals surface area contributed by atoms with Crippen molar-refractivity contribution in [2.75, 3.05) is 25.0 Å². The number of pyridine rings is 1. The highest BCUT2D eigenvalue weighted by molar-refractivity contribution is 6.05. The van der Waals surface area contributed by atoms with Crippen molar-refractivity contribution < 1.29 is 14.4 Å². The van der Waals surface area contributed by atoms with E-state index in [1.165, 1.54) is 11.3 Å². The van der Waals surface area contributed by atoms with E-state index in [-0.39, 0.29) is 18.2 Å². The van der Waals surface area contributed by atoms with E-state index in [2.05, 4.69) is 63.5 Å². The molecule has 2 fully saturated rings. The van der Waals surface area contributed by atoms with Gasteiger partial charge in [0, 0.05) is 62.7 Å². The number of anilines is 1. The molecule has 1 aromatic heterocycles. The van der Waals surface area contributed by atoms with Crippen LogP contribution in [0.5, 0.6) is 0 Å². The summed E-state index contributed by atoms with van der Waals surface area (Å²) >= 11 is 0. The van der Waals surface area contributed by atoms with Crippen molar-refractivity contribution in [3.05, 3.63) is 83.6 Å². The zero-order valence-corrected chi connectivity index (χ0v) is 20.8. The smallest absolute Gasteiger partial charge is 0.255 e. The van der Waals surface area contributed by atoms with E-state index < -0.39 is 11.9 Å². The van der Waals surface area contributed by atoms with Gasteiger partial charge >= 0.3 is 0 Å². The summed E-state index contributed by atoms with van der Waals surface area (Å²) in [6.45, 7) is 3.25. The van der Waals surface area contributed by atoms with Crippen molar-refractivity contribution in [1.82, 2.24) is 20.1 Å². The number of piperidine rings is 1. The molecular weight excluding hydrogens is 466 g/mol. The number of hydrogen-bond acceptors (Lipinski definition) is 6. The largest absolute Gasteiger partial charge is 0.369 e. The number of nitrogens with zero attached hydrogens (tertiary/aromatic N) is 4. The average molecular weight is 496 g/mol. The van der Waals surface area contributed by atoms with Crippen molar-refractivity contribution in [2.45, 2.75) is 38.0 Å². The maximum atomic E-state index is 13.0. The molecule has 0 spiro atoms. The number of nitrogens with one attached hydrogen (secondary N) is 1. The van der Waals surface area contributed by atoms with Gasteiger partial charge in [-0.25, -0.2) is 0 Å². The lowest BCUT2D eigenvalue weighted by Crippen LogP contribution is -2.58. The van der Waals surface area contributed by atoms with Crippen molar-refractivity contribution in [2.24, 2.45) is 0 Å². The van der Waals surface area contributed by atoms with Crippen LogP contribution in [0.25, 0.3) is 11.3 Å². The lowest BCUT2D eigenvalue weighted by molar-refractivity contribution is -0.136. The average Bonchev–Trinajstić information content (AvgIpc) is 3.21. The standard InChI is InChI=1S/C29H29N5O3/c1-32(22-5-3-2-4-6-22)23-17-33(18-23)15-19-11-12-30-25(13-19)20-7-8-24-21(14-20)16-34(29(24)37)26-9-10-27(35)31-28(26)36/h2-8,11-14,23,26H,9-10,15-18H2,1H3,(H,31,35,36). The quantitative estimate of drug-likeness (QED) is 0.530. The molecule has 0 radical (unpaired) electrons. The summed E-state index contributed by atoms with van der Waals surface area (Å²) in [5.41, 5.74) is 5.75. The van der Waals surface area contributed by atoms with Gasteiger partial charge in [-0.1, -0.05) is 24.3 Å². The summed E-state index contributed by atoms with van der Waals surface area (Å²) in [6.07, 6.45) is 2.45. The Morgan fingerprint density at radius 1 is 1.03 bits per heavy atom. The number of likely N-dealkylation sites (N-methyl/N-ethyl adjacent to an activating group) is 1. The summed E-state index contributed by atoms with van der Waals surface area (Å²) in [5, 5.41) is 2.35. The molecule has 37 heavy (non-hydrogen) atoms. The number of amides is 3. The summed E-state index contributed by atoms with van der Waals surface area (Å²) in [6, 6.07) is 20.3. The normalized spacial score (nSPS) is 20.0. The minimum atomic E-state index is -0.608. The van der Waals surface area contributed by atoms with Gasteiger partial charge in [0.25, 0.3) is 5.91 Å². The highest BCUT2D eigenvalue weighted by atomic mass is 16.2. The first-order chi connectivity index (χ1) is 18.0. The molecule has 3 aliphatic rings. The third kappa shape index (κ3) is 4.49. The molecule has 1 unspecified atom stereocenters. The van der Waals surface area contributed by atoms with Crippen molar-refractivity contribution in [1.29, 1.82) is 0 Å². The number of carbonyl (C=O) groups excluding carboxylic acids is 3. The SMILES string of the molecule is CN(c1ccccc1)C1CN(Cc2ccnc(-c3ccc4c(c3)CN(C3CCC(=O)NC3=O)C4=O)c2)C1. The van der Waals surface area contributed by atoms with Crippen LogP contribution in [0.15, 0.2) is 66.9 Å². The first-order valence-electron chi connectivity index (χ1n) is 12.7. The van der Waals surface area contributed by atoms with Gasteiger partial charge in [-0.05, 0) is 53.9 Å². The Labute approximate surface area is 215 Å². The first kappa shape index (κ1) is 23.4. The molecule has 3 aromatic rings. The third-order valence-electron chi connectivity index (χ3n) is 7.70. The number of carbonyl (C=O) groups is 3. The second-order valence-electron chi connectivity index (χ2n) is 10.1. The maximum Gasteiger partial charge on any atom is 0.255 e. The number of rotatable bonds is 6. The van der Waals surface area contributed by atoms with Gasteiger partial charge in [-0.3, -0.25) is 29.6 Å². The summed E-state index contributed by atoms with van der Waals surface area (Å²) in [7, 11) is 2.15. The Hall–Kier alpha value is -4.04. The summed E-state index contributed by atoms with van der Waals surface area (Å²) < 4.78 is 0. The molecule has 4 heterocycles. The predicted octanol–water partition coefficient (Wildman–Crippen LogP) is 2.83. The van der Waals surface area contributed by atoms with Gasteiger partial charge in [-0.2, -0.15) is 0 Å². The fraction of sp³-hybridized carbons (Fsp3) is 0.310. The van der Waals surface area contributed by atoms with Gasteiger partial charge in [0.05, 0.1) is 11.7 Å². The Morgan fingerprint density at radius 3 is 2.62 bits per heavy atom. The lowest BCUT2D eigenvalue weighted by atomic mass is 10.0. The van der Waals surface area contributed by atoms with Crippen molar-refractivity contribution in [3.63, 3.8) is 0 Å². The number of fused-ring (bicyclic) bond motifs is 1. The maximum absolute atomic E-state index is 13.0. The molecule has 0 bridgehead atoms. The van der Waals surface area contributed by atoms with Crippen LogP contribution in [-0.2, 0) is 22.7 Å². The monoisotopic (exact) mass is 495 g/mol. The highest BCUT2D eigenvalue weighted by Crippen LogP contribution is 2.31. The number of para-hydroxylation sites is 1. The molecule has 0 saturated carbocycles. The fourth-order valence-electron chi connectivity index (χ4n) is 5.51. The van der Waals surface area contributed by atoms with E-state index >= 15 is 0 Å². The number of aromatic nitrogens is 1. The van der Waals surface area contributed by atoms with Gasteiger partial charge < -0.3 is 9.80 Å². The van der Waals surface area contributed by atoms with Crippen LogP contribution in [-0.4, -0.2) is 64.7 Å². The van der Waals surface area contributed by atoms with Crippen LogP contribution in [0.2, 0.25) is 0 Å². The second kappa shape index (κ2) is 9.44. The van der Waals surface area contributed by atoms with E-state index in [1.54, 1.807) is 4.90 Å². The third-order valence-corrected chi connectivity index (χ3v) is 7.70. The molecule has 8 nitrogen and oxygen atoms in total. The molecule has 1 atom stereocenters. The molecule has 0 aliphatic carbocycles. The summed E-state index contributed by atoms with van der Waals surface area (Å²) in [4.78, 5) is 47.8. The molecule has 3 amide bonds. The van der Waals surface area contributed by atoms with Crippen LogP contribution in [0.4, 0.5) is 5.69 Å². The van der Waals surface area contributed by atoms with Crippen molar-refractivity contribution in [3.8, 4) is 11.3 Å². The van der Waals surface area contributed by atoms with Gasteiger partial charge in [0.2, 0.25) is 11.8 Å². The molecular formula is C29H29N5O3. The molecule has 188 valence electrons. The fourth-order valence-corrected chi connectivity index (χ4v) is 5.51. The molecule has 3 aliphatic heterocycles. The van der Waals surface area contributed by atoms with Crippen LogP contribution in [0.3, 0.4) is 0 Å². The van der Waals surface area contributed by atoms with E-state index in [0.29, 0.717) is 24.6 Å². The number of likely N-dealkylation sites (tertiary alicyclic amines) is 1. The predicted molar refractivity (Wildman–Crippen MR) is 140 cm³/mol. The Morgan fingerprint density at radius 2 is 1.84 bits per heavy atom. The Balaban J connectivity index is 1.12. The first-order valence-corrected chi connectivity index (χ1v) is 12.7. The summed E-state index contributed by atoms with van der Waals surface area (Å²) in [5.74, 6) is -0.837. The molecule has 1 N–H and O–H groups in total. The van der Waals surface area contributed by atoms with Crippen molar-refractivity contribution >= 4 is 23.4 Å². The van der Waals surface area contributed by atoms with Crippen LogP contribution >= 0.6 is 0 Å². The topological polar surface area (TPSA) is 85.8 Å². The Kier molecular flexibility index (Phi) is 5.96. The van der Waals surface area contributed by atoms with E-state index in [9.17, 15) is 14.4 Å². The van der Waals surface area contributed by atoms with E-state index in [1.807, 2.05) is 30.5 Å². The zero-order chi connectivity index (χ0) is 25.5. The van der Waals surface area contributed by atoms with Gasteiger partial charge in [-0.15, -0.1) is 0 Å². The minimum Gasteiger partial charge on any atom is -0.369 e. The number of imide groups is 1. The van der Waals surface area contributed by atoms with E-state index in [4.69, 9.17) is 0 Å². The molecule has 2 aromatic carbocycles. The number of hydrogen-bond donors (Lipinski definition) is 1. The van der Waals surface area contributed by atoms with Crippen LogP contribution in [0, 0.1) is 0 Å². The van der Waals surface area contributed by atoms with E-state index in [0.717, 1.165) is 36.5 Å². The number of benzene rings is 2. The molecule has 8 heteroatoms. The van der Waals surface area contributed by atoms with Gasteiger partial charge in [0.1, 0.15) is 6.04 Å². The van der Waals surface area contributed by atoms with Gasteiger partial charge in [0.15, 0.2) is 0 Å². The minimum absolute atomic E-state index is 0.162. The van der Waals surface area contributed by atoms with Crippen LogP contribution in [0.1, 0.15) is 34.3 Å². The highest BCUT2D eigenvalue weighted by Gasteiger charge is 2.39. The zero-order valence-electron chi connectivity index (χ0n) is 20.8. The Bertz CT molecular complexity index is 1370. The lowest BCUT2D eigenvalue weighted by Gasteiger charge is -2.45. The van der Waals surface area contributed by atoms with Crippen LogP contribution < -0.4 is 10.2 Å².